The minimum Gasteiger partial charge on any atom is -0.490 e. The van der Waals surface area contributed by atoms with Crippen molar-refractivity contribution in [1.29, 1.82) is 0 Å². The van der Waals surface area contributed by atoms with Crippen molar-refractivity contribution in [2.24, 2.45) is 0 Å². The average molecular weight is 967 g/mol. The normalized spacial score (nSPS) is 11.5. The van der Waals surface area contributed by atoms with E-state index in [9.17, 15) is 0 Å². The van der Waals surface area contributed by atoms with E-state index in [2.05, 4.69) is 39.8 Å². The lowest BCUT2D eigenvalue weighted by Crippen LogP contribution is -2.07. The minimum absolute atomic E-state index is 0.734. The van der Waals surface area contributed by atoms with Gasteiger partial charge in [0.1, 0.15) is 0 Å². The van der Waals surface area contributed by atoms with Crippen LogP contribution >= 0.6 is 0 Å². The number of hydrogen-bond acceptors (Lipinski definition) is 3. The molecular formula is C66H125O3. The van der Waals surface area contributed by atoms with Gasteiger partial charge in [-0.1, -0.05) is 336 Å². The summed E-state index contributed by atoms with van der Waals surface area (Å²) >= 11 is 0. The van der Waals surface area contributed by atoms with E-state index in [1.807, 2.05) is 0 Å². The summed E-state index contributed by atoms with van der Waals surface area (Å²) in [6.07, 6.45) is 72.7. The first-order chi connectivity index (χ1) is 34.3. The van der Waals surface area contributed by atoms with Gasteiger partial charge in [0.15, 0.2) is 11.5 Å². The Balaban J connectivity index is 2.44. The Bertz CT molecular complexity index is 1050. The molecular weight excluding hydrogens is 841 g/mol. The molecule has 0 aliphatic heterocycles. The number of hydrogen-bond donors (Lipinski definition) is 0. The smallest absolute Gasteiger partial charge is 0.203 e. The summed E-state index contributed by atoms with van der Waals surface area (Å²) in [5.74, 6) is 2.63. The van der Waals surface area contributed by atoms with Gasteiger partial charge in [0.25, 0.3) is 0 Å². The molecule has 0 unspecified atom stereocenters. The fourth-order valence-corrected chi connectivity index (χ4v) is 10.4. The van der Waals surface area contributed by atoms with Gasteiger partial charge in [-0.05, 0) is 49.8 Å². The topological polar surface area (TPSA) is 27.7 Å². The maximum absolute atomic E-state index is 6.64. The van der Waals surface area contributed by atoms with Crippen molar-refractivity contribution in [1.82, 2.24) is 0 Å². The number of rotatable bonds is 59. The molecule has 0 aliphatic carbocycles. The summed E-state index contributed by atoms with van der Waals surface area (Å²) in [6, 6.07) is 4.45. The second-order valence-electron chi connectivity index (χ2n) is 22.0. The van der Waals surface area contributed by atoms with Crippen LogP contribution in [0.5, 0.6) is 17.2 Å². The molecule has 0 saturated heterocycles. The Morgan fingerprint density at radius 2 is 0.449 bits per heavy atom. The van der Waals surface area contributed by atoms with Crippen LogP contribution < -0.4 is 14.2 Å². The van der Waals surface area contributed by atoms with E-state index < -0.39 is 0 Å². The number of benzene rings is 1. The van der Waals surface area contributed by atoms with Crippen molar-refractivity contribution in [3.63, 3.8) is 0 Å². The summed E-state index contributed by atoms with van der Waals surface area (Å²) in [4.78, 5) is 0. The number of aryl methyl sites for hydroxylation is 1. The Kier molecular flexibility index (Phi) is 53.2. The summed E-state index contributed by atoms with van der Waals surface area (Å²) in [7, 11) is 0. The van der Waals surface area contributed by atoms with E-state index in [4.69, 9.17) is 14.2 Å². The molecule has 407 valence electrons. The molecule has 0 bridgehead atoms. The van der Waals surface area contributed by atoms with Crippen molar-refractivity contribution in [3.05, 3.63) is 24.6 Å². The molecule has 0 fully saturated rings. The van der Waals surface area contributed by atoms with E-state index >= 15 is 0 Å². The van der Waals surface area contributed by atoms with Crippen LogP contribution in [0.3, 0.4) is 0 Å². The van der Waals surface area contributed by atoms with E-state index in [1.165, 1.54) is 314 Å². The van der Waals surface area contributed by atoms with Crippen molar-refractivity contribution in [2.75, 3.05) is 19.8 Å². The Labute approximate surface area is 435 Å². The predicted octanol–water partition coefficient (Wildman–Crippen LogP) is 23.5. The van der Waals surface area contributed by atoms with Crippen LogP contribution in [0, 0.1) is 6.92 Å². The van der Waals surface area contributed by atoms with Gasteiger partial charge in [-0.3, -0.25) is 0 Å². The van der Waals surface area contributed by atoms with Gasteiger partial charge in [-0.25, -0.2) is 0 Å². The molecule has 0 amide bonds. The molecule has 3 heteroatoms. The van der Waals surface area contributed by atoms with Crippen LogP contribution in [0.25, 0.3) is 0 Å². The van der Waals surface area contributed by atoms with Crippen LogP contribution in [0.1, 0.15) is 360 Å². The summed E-state index contributed by atoms with van der Waals surface area (Å²) < 4.78 is 19.8. The van der Waals surface area contributed by atoms with E-state index in [0.717, 1.165) is 69.2 Å². The molecule has 1 aromatic carbocycles. The van der Waals surface area contributed by atoms with E-state index in [-0.39, 0.29) is 0 Å². The third kappa shape index (κ3) is 46.2. The lowest BCUT2D eigenvalue weighted by Gasteiger charge is -2.19. The fourth-order valence-electron chi connectivity index (χ4n) is 10.4. The first-order valence-corrected chi connectivity index (χ1v) is 32.1. The predicted molar refractivity (Wildman–Crippen MR) is 309 cm³/mol. The van der Waals surface area contributed by atoms with E-state index in [1.54, 1.807) is 0 Å². The Morgan fingerprint density at radius 1 is 0.261 bits per heavy atom. The summed E-state index contributed by atoms with van der Waals surface area (Å²) in [5.41, 5.74) is 1.25. The van der Waals surface area contributed by atoms with Crippen LogP contribution in [0.2, 0.25) is 0 Å². The molecule has 1 radical (unpaired) electrons. The highest BCUT2D eigenvalue weighted by Gasteiger charge is 2.16. The van der Waals surface area contributed by atoms with Gasteiger partial charge in [0, 0.05) is 0 Å². The highest BCUT2D eigenvalue weighted by Crippen LogP contribution is 2.40. The third-order valence-corrected chi connectivity index (χ3v) is 15.1. The average Bonchev–Trinajstić information content (AvgIpc) is 3.35. The maximum Gasteiger partial charge on any atom is 0.203 e. The van der Waals surface area contributed by atoms with Crippen molar-refractivity contribution >= 4 is 0 Å². The third-order valence-electron chi connectivity index (χ3n) is 15.1. The maximum atomic E-state index is 6.64. The zero-order valence-electron chi connectivity index (χ0n) is 47.7. The monoisotopic (exact) mass is 966 g/mol. The lowest BCUT2D eigenvalue weighted by molar-refractivity contribution is 0.234. The van der Waals surface area contributed by atoms with Gasteiger partial charge in [0.2, 0.25) is 5.75 Å². The van der Waals surface area contributed by atoms with Gasteiger partial charge >= 0.3 is 0 Å². The molecule has 0 aliphatic rings. The molecule has 3 nitrogen and oxygen atoms in total. The van der Waals surface area contributed by atoms with Gasteiger partial charge in [-0.2, -0.15) is 0 Å². The molecule has 0 heterocycles. The molecule has 0 N–H and O–H groups in total. The van der Waals surface area contributed by atoms with Crippen molar-refractivity contribution < 1.29 is 14.2 Å². The Morgan fingerprint density at radius 3 is 0.652 bits per heavy atom. The largest absolute Gasteiger partial charge is 0.490 e. The molecule has 69 heavy (non-hydrogen) atoms. The highest BCUT2D eigenvalue weighted by molar-refractivity contribution is 5.54. The van der Waals surface area contributed by atoms with Crippen molar-refractivity contribution in [3.8, 4) is 17.2 Å². The molecule has 1 rings (SSSR count). The molecule has 1 aromatic rings. The van der Waals surface area contributed by atoms with Crippen molar-refractivity contribution in [2.45, 2.75) is 361 Å². The van der Waals surface area contributed by atoms with Crippen LogP contribution in [0.4, 0.5) is 0 Å². The van der Waals surface area contributed by atoms with Gasteiger partial charge in [-0.15, -0.1) is 0 Å². The standard InChI is InChI=1S/C66H125O3/c1-5-9-12-15-18-21-24-27-30-33-36-39-42-45-48-51-54-58-67-64-61-63(57-8-4)62-65(68-59-55-52-49-46-43-40-37-34-31-28-25-22-19-16-13-10-6-2)66(64)69-60-56-53-50-47-44-41-38-35-32-29-26-23-20-17-14-11-7-3/h61-62H,4-60H2,1-3H3. The lowest BCUT2D eigenvalue weighted by atomic mass is 10.0. The van der Waals surface area contributed by atoms with E-state index in [0.29, 0.717) is 0 Å². The van der Waals surface area contributed by atoms with Gasteiger partial charge < -0.3 is 14.2 Å². The molecule has 0 spiro atoms. The van der Waals surface area contributed by atoms with Gasteiger partial charge in [0.05, 0.1) is 19.8 Å². The number of ether oxygens (including phenoxy) is 3. The molecule has 0 aromatic heterocycles. The summed E-state index contributed by atoms with van der Waals surface area (Å²) in [5, 5.41) is 0. The SMILES string of the molecule is [CH2]CCc1cc(OCCCCCCCCCCCCCCCCCCC)c(OCCCCCCCCCCCCCCCCCCC)c(OCCCCCCCCCCCCCCCCCCC)c1. The first kappa shape index (κ1) is 65.6. The van der Waals surface area contributed by atoms with Crippen LogP contribution in [-0.2, 0) is 6.42 Å². The fraction of sp³-hybridized carbons (Fsp3) is 0.894. The van der Waals surface area contributed by atoms with Crippen LogP contribution in [-0.4, -0.2) is 19.8 Å². The Hall–Kier alpha value is -1.38. The highest BCUT2D eigenvalue weighted by atomic mass is 16.5. The minimum atomic E-state index is 0.734. The first-order valence-electron chi connectivity index (χ1n) is 32.1. The van der Waals surface area contributed by atoms with Crippen LogP contribution in [0.15, 0.2) is 12.1 Å². The molecule has 0 atom stereocenters. The quantitative estimate of drug-likeness (QED) is 0.0609. The zero-order chi connectivity index (χ0) is 49.4. The molecule has 0 saturated carbocycles. The zero-order valence-corrected chi connectivity index (χ0v) is 47.7. The second-order valence-corrected chi connectivity index (χ2v) is 22.0. The second kappa shape index (κ2) is 55.9. The number of unbranched alkanes of at least 4 members (excludes halogenated alkanes) is 48. The summed E-state index contributed by atoms with van der Waals surface area (Å²) in [6.45, 7) is 13.3.